The van der Waals surface area contributed by atoms with E-state index in [9.17, 15) is 0 Å². The molecular weight excluding hydrogens is 347 g/mol. The van der Waals surface area contributed by atoms with Gasteiger partial charge in [-0.1, -0.05) is 0 Å². The van der Waals surface area contributed by atoms with Crippen molar-refractivity contribution in [2.75, 3.05) is 0 Å². The van der Waals surface area contributed by atoms with Crippen molar-refractivity contribution in [1.29, 1.82) is 0 Å². The minimum atomic E-state index is -1.39. The maximum Gasteiger partial charge on any atom is -0.147 e. The summed E-state index contributed by atoms with van der Waals surface area (Å²) in [6.07, 6.45) is 9.82. The third kappa shape index (κ3) is 4.15. The molecule has 0 aliphatic heterocycles. The summed E-state index contributed by atoms with van der Waals surface area (Å²) < 4.78 is 5.36. The molecule has 0 aromatic rings. The van der Waals surface area contributed by atoms with Crippen molar-refractivity contribution in [1.82, 2.24) is 0 Å². The molecule has 0 saturated carbocycles. The number of rotatable bonds is 4. The van der Waals surface area contributed by atoms with Gasteiger partial charge in [0.15, 0.2) is 0 Å². The zero-order valence-corrected chi connectivity index (χ0v) is 18.0. The van der Waals surface area contributed by atoms with Gasteiger partial charge in [-0.15, -0.1) is 24.8 Å². The van der Waals surface area contributed by atoms with Gasteiger partial charge in [-0.05, 0) is 0 Å². The minimum absolute atomic E-state index is 0. The van der Waals surface area contributed by atoms with Gasteiger partial charge in [0.2, 0.25) is 0 Å². The molecule has 2 aliphatic rings. The van der Waals surface area contributed by atoms with E-state index < -0.39 is 17.4 Å². The standard InChI is InChI=1S/2C8H11.C3H6.2ClH.Ti/c2*1-3-8-6-4-5-7(8)2;1-3-2;;;/h2*6H,3-4H2,1-2H3;1-2H3;2*1H;. The van der Waals surface area contributed by atoms with Crippen molar-refractivity contribution in [2.24, 2.45) is 0 Å². The Morgan fingerprint density at radius 2 is 1.23 bits per heavy atom. The molecule has 0 radical (unpaired) electrons. The van der Waals surface area contributed by atoms with Gasteiger partial charge in [0.1, 0.15) is 0 Å². The first-order valence-electron chi connectivity index (χ1n) is 7.97. The van der Waals surface area contributed by atoms with Crippen LogP contribution in [0.2, 0.25) is 0 Å². The third-order valence-electron chi connectivity index (χ3n) is 4.84. The molecule has 0 aromatic heterocycles. The first-order valence-corrected chi connectivity index (χ1v) is 10.3. The number of allylic oxidation sites excluding steroid dienone is 8. The Hall–Kier alpha value is 0.124. The van der Waals surface area contributed by atoms with Crippen molar-refractivity contribution in [3.63, 3.8) is 0 Å². The molecular formula is C19H30Cl2Ti. The molecule has 0 unspecified atom stereocenters. The first-order chi connectivity index (χ1) is 9.51. The normalized spacial score (nSPS) is 17.0. The maximum atomic E-state index is 2.49. The predicted octanol–water partition coefficient (Wildman–Crippen LogP) is 6.69. The fourth-order valence-electron chi connectivity index (χ4n) is 3.63. The summed E-state index contributed by atoms with van der Waals surface area (Å²) in [5, 5.41) is 0. The Labute approximate surface area is 155 Å². The summed E-state index contributed by atoms with van der Waals surface area (Å²) in [5.41, 5.74) is 6.47. The van der Waals surface area contributed by atoms with Crippen LogP contribution in [0, 0.1) is 0 Å². The molecule has 0 spiro atoms. The topological polar surface area (TPSA) is 0 Å². The van der Waals surface area contributed by atoms with E-state index in [2.05, 4.69) is 53.7 Å². The van der Waals surface area contributed by atoms with Crippen LogP contribution in [0.4, 0.5) is 0 Å². The van der Waals surface area contributed by atoms with E-state index in [1.165, 1.54) is 25.7 Å². The number of halogens is 2. The molecule has 0 fully saturated rings. The Kier molecular flexibility index (Phi) is 9.48. The van der Waals surface area contributed by atoms with Crippen LogP contribution in [-0.4, -0.2) is 3.81 Å². The molecule has 22 heavy (non-hydrogen) atoms. The Balaban J connectivity index is 0.00000220. The van der Waals surface area contributed by atoms with Gasteiger partial charge in [0.25, 0.3) is 0 Å². The smallest absolute Gasteiger partial charge is 0.147 e. The van der Waals surface area contributed by atoms with Crippen molar-refractivity contribution >= 4 is 28.6 Å². The number of hydrogen-bond donors (Lipinski definition) is 0. The zero-order chi connectivity index (χ0) is 14.9. The van der Waals surface area contributed by atoms with E-state index in [1.807, 2.05) is 7.76 Å². The van der Waals surface area contributed by atoms with Crippen molar-refractivity contribution in [2.45, 2.75) is 67.2 Å². The van der Waals surface area contributed by atoms with Gasteiger partial charge in [0.05, 0.1) is 0 Å². The van der Waals surface area contributed by atoms with Gasteiger partial charge in [-0.2, -0.15) is 0 Å². The second-order valence-corrected chi connectivity index (χ2v) is 10.8. The van der Waals surface area contributed by atoms with E-state index in [4.69, 9.17) is 0 Å². The van der Waals surface area contributed by atoms with E-state index in [1.54, 1.807) is 26.1 Å². The van der Waals surface area contributed by atoms with Crippen LogP contribution in [0.1, 0.15) is 67.2 Å². The molecule has 3 heteroatoms. The average Bonchev–Trinajstić information content (AvgIpc) is 2.95. The molecule has 2 aliphatic carbocycles. The summed E-state index contributed by atoms with van der Waals surface area (Å²) in [6.45, 7) is 14.1. The summed E-state index contributed by atoms with van der Waals surface area (Å²) >= 11 is -1.39. The predicted molar refractivity (Wildman–Crippen MR) is 102 cm³/mol. The average molecular weight is 377 g/mol. The van der Waals surface area contributed by atoms with Gasteiger partial charge in [0, 0.05) is 0 Å². The monoisotopic (exact) mass is 376 g/mol. The fourth-order valence-corrected chi connectivity index (χ4v) is 8.72. The zero-order valence-electron chi connectivity index (χ0n) is 14.8. The van der Waals surface area contributed by atoms with Crippen LogP contribution >= 0.6 is 24.8 Å². The van der Waals surface area contributed by atoms with Crippen LogP contribution in [-0.2, 0) is 17.4 Å². The molecule has 0 saturated heterocycles. The van der Waals surface area contributed by atoms with Crippen LogP contribution in [0.15, 0.2) is 42.2 Å². The first kappa shape index (κ1) is 22.1. The van der Waals surface area contributed by atoms with E-state index >= 15 is 0 Å². The van der Waals surface area contributed by atoms with Gasteiger partial charge in [-0.25, -0.2) is 0 Å². The second-order valence-electron chi connectivity index (χ2n) is 6.16. The Morgan fingerprint density at radius 1 is 0.864 bits per heavy atom. The van der Waals surface area contributed by atoms with Crippen LogP contribution in [0.25, 0.3) is 0 Å². The molecule has 0 atom stereocenters. The van der Waals surface area contributed by atoms with Crippen molar-refractivity contribution < 1.29 is 17.4 Å². The molecule has 124 valence electrons. The summed E-state index contributed by atoms with van der Waals surface area (Å²) in [7, 11) is 0. The molecule has 0 heterocycles. The quantitative estimate of drug-likeness (QED) is 0.479. The minimum Gasteiger partial charge on any atom is -0.147 e. The largest absolute Gasteiger partial charge is 0.147 e. The number of hydrogen-bond acceptors (Lipinski definition) is 0. The van der Waals surface area contributed by atoms with Gasteiger partial charge < -0.3 is 0 Å². The summed E-state index contributed by atoms with van der Waals surface area (Å²) in [6, 6.07) is 0. The van der Waals surface area contributed by atoms with Crippen molar-refractivity contribution in [3.05, 3.63) is 42.2 Å². The molecule has 0 amide bonds. The SMILES string of the molecule is CCC1=CC[C]([Ti]([C]2=C(C)C(CC)=CC2)=[C](C)C)=C1C.Cl.Cl. The molecule has 0 aromatic carbocycles. The van der Waals surface area contributed by atoms with Crippen LogP contribution in [0.5, 0.6) is 0 Å². The van der Waals surface area contributed by atoms with E-state index in [0.29, 0.717) is 0 Å². The maximum absolute atomic E-state index is 2.49. The van der Waals surface area contributed by atoms with Crippen LogP contribution < -0.4 is 0 Å². The molecule has 0 nitrogen and oxygen atoms in total. The van der Waals surface area contributed by atoms with Gasteiger partial charge >= 0.3 is 131 Å². The molecule has 2 rings (SSSR count). The Bertz CT molecular complexity index is 537. The molecule has 0 bridgehead atoms. The van der Waals surface area contributed by atoms with Gasteiger partial charge in [-0.3, -0.25) is 0 Å². The summed E-state index contributed by atoms with van der Waals surface area (Å²) in [5.74, 6) is 0. The van der Waals surface area contributed by atoms with E-state index in [-0.39, 0.29) is 24.8 Å². The third-order valence-corrected chi connectivity index (χ3v) is 10.1. The Morgan fingerprint density at radius 3 is 1.45 bits per heavy atom. The van der Waals surface area contributed by atoms with E-state index in [0.717, 1.165) is 0 Å². The second kappa shape index (κ2) is 9.43. The van der Waals surface area contributed by atoms with Crippen LogP contribution in [0.3, 0.4) is 0 Å². The molecule has 0 N–H and O–H groups in total. The van der Waals surface area contributed by atoms with Crippen molar-refractivity contribution in [3.8, 4) is 0 Å². The summed E-state index contributed by atoms with van der Waals surface area (Å²) in [4.78, 5) is 0. The fraction of sp³-hybridized carbons (Fsp3) is 0.526.